The molecule has 3 aromatic rings. The average molecular weight is 482 g/mol. The van der Waals surface area contributed by atoms with Crippen LogP contribution in [0.15, 0.2) is 53.9 Å². The molecule has 34 heavy (non-hydrogen) atoms. The molecule has 1 aromatic heterocycles. The summed E-state index contributed by atoms with van der Waals surface area (Å²) in [7, 11) is 1.58. The van der Waals surface area contributed by atoms with Gasteiger partial charge in [-0.05, 0) is 49.2 Å². The number of thiazole rings is 1. The van der Waals surface area contributed by atoms with E-state index in [1.165, 1.54) is 29.5 Å². The average Bonchev–Trinajstić information content (AvgIpc) is 3.30. The zero-order valence-corrected chi connectivity index (χ0v) is 19.4. The number of likely N-dealkylation sites (tertiary alicyclic amines) is 1. The number of amides is 2. The van der Waals surface area contributed by atoms with Crippen LogP contribution in [0.25, 0.3) is 0 Å². The number of anilines is 1. The number of ether oxygens (including phenoxy) is 1. The number of hydrogen-bond donors (Lipinski definition) is 1. The smallest absolute Gasteiger partial charge is 0.260 e. The molecule has 2 heterocycles. The van der Waals surface area contributed by atoms with Gasteiger partial charge in [-0.1, -0.05) is 12.1 Å². The number of carbonyl (C=O) groups excluding carboxylic acids is 3. The number of halogens is 1. The second kappa shape index (κ2) is 10.6. The number of methoxy groups -OCH3 is 1. The number of nitrogens with zero attached hydrogens (tertiary/aromatic N) is 2. The Morgan fingerprint density at radius 2 is 1.82 bits per heavy atom. The highest BCUT2D eigenvalue weighted by Gasteiger charge is 2.28. The molecule has 9 heteroatoms. The fourth-order valence-electron chi connectivity index (χ4n) is 3.90. The summed E-state index contributed by atoms with van der Waals surface area (Å²) in [5, 5.41) is 4.58. The van der Waals surface area contributed by atoms with Crippen LogP contribution in [0.1, 0.15) is 39.3 Å². The van der Waals surface area contributed by atoms with Crippen molar-refractivity contribution in [3.8, 4) is 5.75 Å². The van der Waals surface area contributed by atoms with Gasteiger partial charge in [-0.15, -0.1) is 11.3 Å². The Morgan fingerprint density at radius 1 is 1.12 bits per heavy atom. The molecule has 1 aliphatic rings. The van der Waals surface area contributed by atoms with E-state index < -0.39 is 11.7 Å². The molecule has 2 aromatic carbocycles. The van der Waals surface area contributed by atoms with E-state index in [9.17, 15) is 18.8 Å². The third-order valence-corrected chi connectivity index (χ3v) is 6.62. The zero-order chi connectivity index (χ0) is 24.1. The Hall–Kier alpha value is -3.59. The maximum atomic E-state index is 13.8. The van der Waals surface area contributed by atoms with Crippen molar-refractivity contribution in [3.63, 3.8) is 0 Å². The molecule has 0 radical (unpaired) electrons. The van der Waals surface area contributed by atoms with E-state index >= 15 is 0 Å². The van der Waals surface area contributed by atoms with Gasteiger partial charge < -0.3 is 9.64 Å². The number of piperidine rings is 1. The Balaban J connectivity index is 1.28. The molecular weight excluding hydrogens is 457 g/mol. The number of rotatable bonds is 7. The summed E-state index contributed by atoms with van der Waals surface area (Å²) in [5.41, 5.74) is 1.12. The Kier molecular flexibility index (Phi) is 7.32. The van der Waals surface area contributed by atoms with Gasteiger partial charge in [-0.25, -0.2) is 9.37 Å². The molecule has 7 nitrogen and oxygen atoms in total. The van der Waals surface area contributed by atoms with Gasteiger partial charge in [0.1, 0.15) is 11.6 Å². The fraction of sp³-hybridized carbons (Fsp3) is 0.280. The number of aromatic nitrogens is 1. The van der Waals surface area contributed by atoms with Crippen molar-refractivity contribution in [3.05, 3.63) is 76.5 Å². The van der Waals surface area contributed by atoms with Gasteiger partial charge >= 0.3 is 0 Å². The maximum absolute atomic E-state index is 13.8. The normalized spacial score (nSPS) is 14.0. The highest BCUT2D eigenvalue weighted by Crippen LogP contribution is 2.24. The molecule has 2 amide bonds. The van der Waals surface area contributed by atoms with Crippen LogP contribution < -0.4 is 10.1 Å². The standard InChI is InChI=1S/C25H24FN3O4S/c1-33-19-8-6-16(7-9-19)23(31)17-10-12-29(13-11-17)22(30)14-18-15-34-25(27-18)28-24(32)20-4-2-3-5-21(20)26/h2-9,15,17H,10-14H2,1H3,(H,27,28,32). The van der Waals surface area contributed by atoms with Crippen molar-refractivity contribution >= 4 is 34.1 Å². The van der Waals surface area contributed by atoms with Gasteiger partial charge in [-0.2, -0.15) is 0 Å². The van der Waals surface area contributed by atoms with Gasteiger partial charge in [0.2, 0.25) is 5.91 Å². The maximum Gasteiger partial charge on any atom is 0.260 e. The fourth-order valence-corrected chi connectivity index (χ4v) is 4.61. The van der Waals surface area contributed by atoms with Crippen LogP contribution in [0.2, 0.25) is 0 Å². The molecule has 0 aliphatic carbocycles. The summed E-state index contributed by atoms with van der Waals surface area (Å²) in [6.45, 7) is 1.01. The summed E-state index contributed by atoms with van der Waals surface area (Å²) >= 11 is 1.18. The van der Waals surface area contributed by atoms with Crippen molar-refractivity contribution in [1.29, 1.82) is 0 Å². The van der Waals surface area contributed by atoms with Gasteiger partial charge in [0.15, 0.2) is 10.9 Å². The van der Waals surface area contributed by atoms with E-state index in [2.05, 4.69) is 10.3 Å². The molecule has 0 spiro atoms. The van der Waals surface area contributed by atoms with Crippen molar-refractivity contribution in [1.82, 2.24) is 9.88 Å². The Bertz CT molecular complexity index is 1190. The van der Waals surface area contributed by atoms with Crippen LogP contribution in [-0.2, 0) is 11.2 Å². The van der Waals surface area contributed by atoms with Crippen LogP contribution in [0.3, 0.4) is 0 Å². The summed E-state index contributed by atoms with van der Waals surface area (Å²) < 4.78 is 18.9. The lowest BCUT2D eigenvalue weighted by Crippen LogP contribution is -2.41. The zero-order valence-electron chi connectivity index (χ0n) is 18.6. The van der Waals surface area contributed by atoms with Crippen LogP contribution in [-0.4, -0.2) is 47.7 Å². The second-order valence-corrected chi connectivity index (χ2v) is 8.86. The number of Topliss-reactive ketones (excluding diaryl/α,β-unsaturated/α-hetero) is 1. The second-order valence-electron chi connectivity index (χ2n) is 8.00. The Labute approximate surface area is 200 Å². The first kappa shape index (κ1) is 23.6. The minimum Gasteiger partial charge on any atom is -0.497 e. The van der Waals surface area contributed by atoms with E-state index in [0.717, 1.165) is 0 Å². The van der Waals surface area contributed by atoms with Crippen molar-refractivity contribution in [2.24, 2.45) is 5.92 Å². The summed E-state index contributed by atoms with van der Waals surface area (Å²) in [6, 6.07) is 12.8. The molecule has 0 unspecified atom stereocenters. The predicted octanol–water partition coefficient (Wildman–Crippen LogP) is 4.21. The van der Waals surface area contributed by atoms with Gasteiger partial charge in [-0.3, -0.25) is 19.7 Å². The molecule has 0 saturated carbocycles. The lowest BCUT2D eigenvalue weighted by Gasteiger charge is -2.31. The van der Waals surface area contributed by atoms with Crippen molar-refractivity contribution in [2.45, 2.75) is 19.3 Å². The Morgan fingerprint density at radius 3 is 2.50 bits per heavy atom. The SMILES string of the molecule is COc1ccc(C(=O)C2CCN(C(=O)Cc3csc(NC(=O)c4ccccc4F)n3)CC2)cc1. The number of nitrogens with one attached hydrogen (secondary N) is 1. The minimum absolute atomic E-state index is 0.0672. The highest BCUT2D eigenvalue weighted by molar-refractivity contribution is 7.14. The molecule has 1 N–H and O–H groups in total. The molecule has 176 valence electrons. The summed E-state index contributed by atoms with van der Waals surface area (Å²) in [5.74, 6) is -0.599. The number of benzene rings is 2. The molecule has 0 atom stereocenters. The third kappa shape index (κ3) is 5.48. The van der Waals surface area contributed by atoms with Crippen LogP contribution in [0.5, 0.6) is 5.75 Å². The van der Waals surface area contributed by atoms with Gasteiger partial charge in [0.05, 0.1) is 24.8 Å². The van der Waals surface area contributed by atoms with Gasteiger partial charge in [0, 0.05) is 30.0 Å². The minimum atomic E-state index is -0.610. The molecular formula is C25H24FN3O4S. The quantitative estimate of drug-likeness (QED) is 0.511. The van der Waals surface area contributed by atoms with Crippen LogP contribution in [0, 0.1) is 11.7 Å². The number of carbonyl (C=O) groups is 3. The van der Waals surface area contributed by atoms with E-state index in [0.29, 0.717) is 48.1 Å². The van der Waals surface area contributed by atoms with E-state index in [4.69, 9.17) is 4.74 Å². The first-order chi connectivity index (χ1) is 16.4. The largest absolute Gasteiger partial charge is 0.497 e. The van der Waals surface area contributed by atoms with Gasteiger partial charge in [0.25, 0.3) is 5.91 Å². The highest BCUT2D eigenvalue weighted by atomic mass is 32.1. The van der Waals surface area contributed by atoms with Crippen molar-refractivity contribution in [2.75, 3.05) is 25.5 Å². The first-order valence-electron chi connectivity index (χ1n) is 10.9. The molecule has 1 saturated heterocycles. The molecule has 1 aliphatic heterocycles. The first-order valence-corrected chi connectivity index (χ1v) is 11.8. The summed E-state index contributed by atoms with van der Waals surface area (Å²) in [4.78, 5) is 43.8. The number of hydrogen-bond acceptors (Lipinski definition) is 6. The van der Waals surface area contributed by atoms with Crippen LogP contribution >= 0.6 is 11.3 Å². The van der Waals surface area contributed by atoms with E-state index in [1.807, 2.05) is 0 Å². The third-order valence-electron chi connectivity index (χ3n) is 5.82. The number of ketones is 1. The topological polar surface area (TPSA) is 88.6 Å². The lowest BCUT2D eigenvalue weighted by atomic mass is 9.88. The van der Waals surface area contributed by atoms with Crippen LogP contribution in [0.4, 0.5) is 9.52 Å². The van der Waals surface area contributed by atoms with E-state index in [-0.39, 0.29) is 29.6 Å². The molecule has 4 rings (SSSR count). The molecule has 0 bridgehead atoms. The summed E-state index contributed by atoms with van der Waals surface area (Å²) in [6.07, 6.45) is 1.32. The lowest BCUT2D eigenvalue weighted by molar-refractivity contribution is -0.131. The predicted molar refractivity (Wildman–Crippen MR) is 127 cm³/mol. The molecule has 1 fully saturated rings. The van der Waals surface area contributed by atoms with E-state index in [1.54, 1.807) is 47.7 Å². The monoisotopic (exact) mass is 481 g/mol. The van der Waals surface area contributed by atoms with Crippen molar-refractivity contribution < 1.29 is 23.5 Å².